The predicted octanol–water partition coefficient (Wildman–Crippen LogP) is 4.95. The summed E-state index contributed by atoms with van der Waals surface area (Å²) in [4.78, 5) is 7.30. The minimum Gasteiger partial charge on any atom is -0.353 e. The molecule has 2 N–H and O–H groups in total. The van der Waals surface area contributed by atoms with Crippen LogP contribution >= 0.6 is 23.2 Å². The lowest BCUT2D eigenvalue weighted by molar-refractivity contribution is 1.31. The number of aromatic amines is 1. The van der Waals surface area contributed by atoms with Crippen LogP contribution in [-0.4, -0.2) is 9.97 Å². The molecule has 3 nitrogen and oxygen atoms in total. The van der Waals surface area contributed by atoms with Gasteiger partial charge in [0.1, 0.15) is 5.15 Å². The Morgan fingerprint density at radius 3 is 2.75 bits per heavy atom. The molecule has 3 aromatic rings. The number of hydrogen-bond donors (Lipinski definition) is 2. The minimum absolute atomic E-state index is 0.460. The number of rotatable bonds is 3. The van der Waals surface area contributed by atoms with Crippen LogP contribution in [0.3, 0.4) is 0 Å². The normalized spacial score (nSPS) is 10.7. The second kappa shape index (κ2) is 5.19. The van der Waals surface area contributed by atoms with Crippen LogP contribution in [0, 0.1) is 0 Å². The quantitative estimate of drug-likeness (QED) is 0.672. The number of pyridine rings is 1. The maximum Gasteiger partial charge on any atom is 0.129 e. The highest BCUT2D eigenvalue weighted by Gasteiger charge is 2.05. The van der Waals surface area contributed by atoms with Crippen LogP contribution in [0.4, 0.5) is 5.69 Å². The first kappa shape index (κ1) is 13.0. The van der Waals surface area contributed by atoms with Gasteiger partial charge in [0.05, 0.1) is 23.3 Å². The van der Waals surface area contributed by atoms with E-state index in [4.69, 9.17) is 23.2 Å². The van der Waals surface area contributed by atoms with E-state index in [1.165, 1.54) is 0 Å². The third-order valence-electron chi connectivity index (χ3n) is 2.93. The second-order valence-electron chi connectivity index (χ2n) is 4.39. The van der Waals surface area contributed by atoms with Gasteiger partial charge in [-0.1, -0.05) is 29.8 Å². The summed E-state index contributed by atoms with van der Waals surface area (Å²) in [6.45, 7) is 4.02. The Labute approximate surface area is 126 Å². The van der Waals surface area contributed by atoms with Gasteiger partial charge in [0.15, 0.2) is 0 Å². The van der Waals surface area contributed by atoms with Crippen molar-refractivity contribution in [1.29, 1.82) is 0 Å². The van der Waals surface area contributed by atoms with Crippen LogP contribution in [0.5, 0.6) is 0 Å². The molecule has 2 aromatic heterocycles. The van der Waals surface area contributed by atoms with Crippen molar-refractivity contribution in [2.45, 2.75) is 0 Å². The smallest absolute Gasteiger partial charge is 0.129 e. The van der Waals surface area contributed by atoms with Gasteiger partial charge in [-0.05, 0) is 36.4 Å². The lowest BCUT2D eigenvalue weighted by atomic mass is 10.2. The van der Waals surface area contributed by atoms with E-state index >= 15 is 0 Å². The second-order valence-corrected chi connectivity index (χ2v) is 5.21. The van der Waals surface area contributed by atoms with Gasteiger partial charge in [-0.3, -0.25) is 0 Å². The van der Waals surface area contributed by atoms with E-state index in [2.05, 4.69) is 21.9 Å². The molecule has 100 valence electrons. The molecule has 2 heterocycles. The van der Waals surface area contributed by atoms with E-state index in [0.717, 1.165) is 28.0 Å². The Morgan fingerprint density at radius 2 is 2.00 bits per heavy atom. The zero-order valence-corrected chi connectivity index (χ0v) is 12.0. The van der Waals surface area contributed by atoms with Crippen LogP contribution in [0.2, 0.25) is 10.2 Å². The summed E-state index contributed by atoms with van der Waals surface area (Å²) in [5.41, 5.74) is 3.50. The molecule has 0 saturated carbocycles. The van der Waals surface area contributed by atoms with Crippen LogP contribution in [0.25, 0.3) is 16.6 Å². The van der Waals surface area contributed by atoms with Crippen molar-refractivity contribution in [2.24, 2.45) is 0 Å². The summed E-state index contributed by atoms with van der Waals surface area (Å²) in [5, 5.41) is 5.40. The van der Waals surface area contributed by atoms with Crippen LogP contribution in [-0.2, 0) is 0 Å². The summed E-state index contributed by atoms with van der Waals surface area (Å²) in [5.74, 6) is 0. The summed E-state index contributed by atoms with van der Waals surface area (Å²) in [6.07, 6.45) is 1.66. The van der Waals surface area contributed by atoms with Crippen molar-refractivity contribution >= 4 is 45.5 Å². The number of benzene rings is 1. The number of aromatic nitrogens is 2. The predicted molar refractivity (Wildman–Crippen MR) is 85.2 cm³/mol. The molecule has 0 radical (unpaired) electrons. The van der Waals surface area contributed by atoms with Gasteiger partial charge in [-0.2, -0.15) is 0 Å². The number of H-pyrrole nitrogens is 1. The molecular formula is C15H11Cl2N3. The number of fused-ring (bicyclic) bond motifs is 1. The Balaban J connectivity index is 1.86. The van der Waals surface area contributed by atoms with Gasteiger partial charge in [-0.15, -0.1) is 0 Å². The Morgan fingerprint density at radius 1 is 1.15 bits per heavy atom. The van der Waals surface area contributed by atoms with Gasteiger partial charge in [0, 0.05) is 15.9 Å². The first-order valence-electron chi connectivity index (χ1n) is 5.98. The van der Waals surface area contributed by atoms with Crippen molar-refractivity contribution in [3.63, 3.8) is 0 Å². The van der Waals surface area contributed by atoms with E-state index in [-0.39, 0.29) is 0 Å². The maximum atomic E-state index is 5.98. The third-order valence-corrected chi connectivity index (χ3v) is 3.39. The molecule has 0 unspecified atom stereocenters. The number of nitrogens with one attached hydrogen (secondary N) is 2. The van der Waals surface area contributed by atoms with Crippen molar-refractivity contribution in [1.82, 2.24) is 9.97 Å². The molecule has 0 saturated heterocycles. The van der Waals surface area contributed by atoms with E-state index in [1.54, 1.807) is 12.3 Å². The largest absolute Gasteiger partial charge is 0.353 e. The number of hydrogen-bond acceptors (Lipinski definition) is 2. The van der Waals surface area contributed by atoms with E-state index < -0.39 is 0 Å². The molecule has 0 fully saturated rings. The van der Waals surface area contributed by atoms with Gasteiger partial charge < -0.3 is 10.3 Å². The zero-order chi connectivity index (χ0) is 14.1. The Kier molecular flexibility index (Phi) is 3.38. The SMILES string of the molecule is C=C(Nc1ccc(Cl)nc1)c1cc2cc(Cl)ccc2[nH]1. The van der Waals surface area contributed by atoms with Crippen molar-refractivity contribution in [3.8, 4) is 0 Å². The summed E-state index contributed by atoms with van der Waals surface area (Å²) in [7, 11) is 0. The fraction of sp³-hybridized carbons (Fsp3) is 0. The highest BCUT2D eigenvalue weighted by Crippen LogP contribution is 2.24. The van der Waals surface area contributed by atoms with E-state index in [1.807, 2.05) is 30.3 Å². The fourth-order valence-corrected chi connectivity index (χ4v) is 2.25. The average molecular weight is 304 g/mol. The lowest BCUT2D eigenvalue weighted by Gasteiger charge is -2.07. The van der Waals surface area contributed by atoms with Crippen LogP contribution < -0.4 is 5.32 Å². The molecule has 0 aliphatic rings. The van der Waals surface area contributed by atoms with E-state index in [0.29, 0.717) is 10.2 Å². The molecule has 5 heteroatoms. The zero-order valence-electron chi connectivity index (χ0n) is 10.5. The fourth-order valence-electron chi connectivity index (χ4n) is 1.96. The summed E-state index contributed by atoms with van der Waals surface area (Å²) < 4.78 is 0. The first-order valence-corrected chi connectivity index (χ1v) is 6.73. The molecule has 20 heavy (non-hydrogen) atoms. The van der Waals surface area contributed by atoms with Crippen LogP contribution in [0.15, 0.2) is 49.2 Å². The highest BCUT2D eigenvalue weighted by atomic mass is 35.5. The Hall–Kier alpha value is -1.97. The maximum absolute atomic E-state index is 5.98. The average Bonchev–Trinajstić information content (AvgIpc) is 2.84. The monoisotopic (exact) mass is 303 g/mol. The summed E-state index contributed by atoms with van der Waals surface area (Å²) >= 11 is 11.7. The third kappa shape index (κ3) is 2.64. The molecule has 0 spiro atoms. The molecular weight excluding hydrogens is 293 g/mol. The standard InChI is InChI=1S/C15H11Cl2N3/c1-9(19-12-3-5-15(17)18-8-12)14-7-10-6-11(16)2-4-13(10)20-14/h2-8,19-20H,1H2. The van der Waals surface area contributed by atoms with Gasteiger partial charge in [-0.25, -0.2) is 4.98 Å². The Bertz CT molecular complexity index is 775. The van der Waals surface area contributed by atoms with E-state index in [9.17, 15) is 0 Å². The molecule has 0 aliphatic heterocycles. The van der Waals surface area contributed by atoms with Gasteiger partial charge in [0.2, 0.25) is 0 Å². The molecule has 1 aromatic carbocycles. The van der Waals surface area contributed by atoms with Crippen LogP contribution in [0.1, 0.15) is 5.69 Å². The lowest BCUT2D eigenvalue weighted by Crippen LogP contribution is -1.97. The number of halogens is 2. The van der Waals surface area contributed by atoms with Gasteiger partial charge in [0.25, 0.3) is 0 Å². The molecule has 0 atom stereocenters. The topological polar surface area (TPSA) is 40.7 Å². The highest BCUT2D eigenvalue weighted by molar-refractivity contribution is 6.31. The number of nitrogens with zero attached hydrogens (tertiary/aromatic N) is 1. The van der Waals surface area contributed by atoms with Crippen molar-refractivity contribution < 1.29 is 0 Å². The summed E-state index contributed by atoms with van der Waals surface area (Å²) in [6, 6.07) is 11.3. The van der Waals surface area contributed by atoms with Gasteiger partial charge >= 0.3 is 0 Å². The first-order chi connectivity index (χ1) is 9.61. The molecule has 0 aliphatic carbocycles. The molecule has 0 amide bonds. The minimum atomic E-state index is 0.460. The van der Waals surface area contributed by atoms with Crippen molar-refractivity contribution in [3.05, 3.63) is 65.0 Å². The van der Waals surface area contributed by atoms with Crippen molar-refractivity contribution in [2.75, 3.05) is 5.32 Å². The molecule has 3 rings (SSSR count). The number of anilines is 1. The molecule has 0 bridgehead atoms.